The number of carboxylic acid groups (broad SMARTS) is 1. The lowest BCUT2D eigenvalue weighted by molar-refractivity contribution is -0.143. The van der Waals surface area contributed by atoms with E-state index >= 15 is 0 Å². The Labute approximate surface area is 121 Å². The van der Waals surface area contributed by atoms with Crippen LogP contribution >= 0.6 is 11.6 Å². The third-order valence-electron chi connectivity index (χ3n) is 3.60. The third-order valence-corrected chi connectivity index (χ3v) is 3.82. The standard InChI is InChI=1S/C14H15ClFNO3/c1-8-2-3-9(14(19)20)7-17(8)13(18)10-4-11(15)6-12(16)5-10/h4-6,8-9H,2-3,7H2,1H3,(H,19,20)/t8-,9-/m0/s1. The number of amides is 1. The topological polar surface area (TPSA) is 57.6 Å². The van der Waals surface area contributed by atoms with Gasteiger partial charge in [-0.15, -0.1) is 0 Å². The second-order valence-electron chi connectivity index (χ2n) is 5.08. The Morgan fingerprint density at radius 2 is 2.05 bits per heavy atom. The molecule has 1 amide bonds. The van der Waals surface area contributed by atoms with E-state index in [-0.39, 0.29) is 29.1 Å². The normalized spacial score (nSPS) is 22.6. The monoisotopic (exact) mass is 299 g/mol. The lowest BCUT2D eigenvalue weighted by Gasteiger charge is -2.36. The number of carbonyl (C=O) groups is 2. The van der Waals surface area contributed by atoms with Gasteiger partial charge >= 0.3 is 5.97 Å². The van der Waals surface area contributed by atoms with Crippen molar-refractivity contribution < 1.29 is 19.1 Å². The van der Waals surface area contributed by atoms with Crippen molar-refractivity contribution >= 4 is 23.5 Å². The summed E-state index contributed by atoms with van der Waals surface area (Å²) < 4.78 is 13.3. The van der Waals surface area contributed by atoms with Gasteiger partial charge < -0.3 is 10.0 Å². The van der Waals surface area contributed by atoms with Crippen molar-refractivity contribution in [3.8, 4) is 0 Å². The fraction of sp³-hybridized carbons (Fsp3) is 0.429. The predicted octanol–water partition coefficient (Wildman–Crippen LogP) is 2.80. The number of piperidine rings is 1. The molecule has 0 aliphatic carbocycles. The van der Waals surface area contributed by atoms with Gasteiger partial charge in [-0.1, -0.05) is 11.6 Å². The molecule has 1 fully saturated rings. The maximum atomic E-state index is 13.3. The minimum Gasteiger partial charge on any atom is -0.481 e. The van der Waals surface area contributed by atoms with Crippen LogP contribution in [-0.2, 0) is 4.79 Å². The van der Waals surface area contributed by atoms with E-state index in [1.165, 1.54) is 11.0 Å². The third kappa shape index (κ3) is 3.10. The van der Waals surface area contributed by atoms with Gasteiger partial charge in [-0.2, -0.15) is 0 Å². The zero-order valence-electron chi connectivity index (χ0n) is 11.0. The summed E-state index contributed by atoms with van der Waals surface area (Å²) in [4.78, 5) is 24.9. The smallest absolute Gasteiger partial charge is 0.308 e. The molecule has 1 aromatic rings. The van der Waals surface area contributed by atoms with Gasteiger partial charge in [0.25, 0.3) is 5.91 Å². The van der Waals surface area contributed by atoms with Crippen molar-refractivity contribution in [2.75, 3.05) is 6.54 Å². The van der Waals surface area contributed by atoms with Crippen LogP contribution in [0.2, 0.25) is 5.02 Å². The summed E-state index contributed by atoms with van der Waals surface area (Å²) in [5, 5.41) is 9.21. The van der Waals surface area contributed by atoms with E-state index in [1.807, 2.05) is 6.92 Å². The van der Waals surface area contributed by atoms with Crippen molar-refractivity contribution in [2.24, 2.45) is 5.92 Å². The molecule has 0 radical (unpaired) electrons. The molecule has 0 spiro atoms. The van der Waals surface area contributed by atoms with Crippen molar-refractivity contribution in [3.63, 3.8) is 0 Å². The number of hydrogen-bond donors (Lipinski definition) is 1. The van der Waals surface area contributed by atoms with Crippen molar-refractivity contribution in [3.05, 3.63) is 34.6 Å². The molecule has 0 bridgehead atoms. The number of rotatable bonds is 2. The van der Waals surface area contributed by atoms with Crippen LogP contribution in [0.4, 0.5) is 4.39 Å². The van der Waals surface area contributed by atoms with Gasteiger partial charge in [0.05, 0.1) is 5.92 Å². The molecular weight excluding hydrogens is 285 g/mol. The Morgan fingerprint density at radius 3 is 2.65 bits per heavy atom. The molecule has 6 heteroatoms. The van der Waals surface area contributed by atoms with Crippen LogP contribution in [-0.4, -0.2) is 34.5 Å². The van der Waals surface area contributed by atoms with Crippen LogP contribution in [0.15, 0.2) is 18.2 Å². The maximum Gasteiger partial charge on any atom is 0.308 e. The number of aliphatic carboxylic acids is 1. The Hall–Kier alpha value is -1.62. The van der Waals surface area contributed by atoms with E-state index in [2.05, 4.69) is 0 Å². The highest BCUT2D eigenvalue weighted by atomic mass is 35.5. The Balaban J connectivity index is 2.24. The molecule has 2 atom stereocenters. The number of halogens is 2. The quantitative estimate of drug-likeness (QED) is 0.913. The van der Waals surface area contributed by atoms with Crippen LogP contribution in [0.3, 0.4) is 0 Å². The first-order valence-corrected chi connectivity index (χ1v) is 6.76. The number of benzene rings is 1. The average molecular weight is 300 g/mol. The van der Waals surface area contributed by atoms with E-state index < -0.39 is 17.7 Å². The largest absolute Gasteiger partial charge is 0.481 e. The summed E-state index contributed by atoms with van der Waals surface area (Å²) in [6, 6.07) is 3.56. The molecule has 4 nitrogen and oxygen atoms in total. The van der Waals surface area contributed by atoms with Crippen LogP contribution in [0.25, 0.3) is 0 Å². The maximum absolute atomic E-state index is 13.3. The molecule has 108 valence electrons. The highest BCUT2D eigenvalue weighted by molar-refractivity contribution is 6.31. The van der Waals surface area contributed by atoms with Gasteiger partial charge in [-0.25, -0.2) is 4.39 Å². The first-order chi connectivity index (χ1) is 9.38. The SMILES string of the molecule is C[C@H]1CC[C@H](C(=O)O)CN1C(=O)c1cc(F)cc(Cl)c1. The Morgan fingerprint density at radius 1 is 1.35 bits per heavy atom. The van der Waals surface area contributed by atoms with E-state index in [4.69, 9.17) is 16.7 Å². The Bertz CT molecular complexity index is 529. The van der Waals surface area contributed by atoms with E-state index in [1.54, 1.807) is 0 Å². The predicted molar refractivity (Wildman–Crippen MR) is 72.3 cm³/mol. The molecule has 1 aliphatic heterocycles. The molecule has 1 aliphatic rings. The van der Waals surface area contributed by atoms with Gasteiger partial charge in [-0.3, -0.25) is 9.59 Å². The number of carboxylic acids is 1. The molecule has 0 saturated carbocycles. The van der Waals surface area contributed by atoms with Crippen LogP contribution in [0.1, 0.15) is 30.1 Å². The number of likely N-dealkylation sites (tertiary alicyclic amines) is 1. The molecule has 2 rings (SSSR count). The lowest BCUT2D eigenvalue weighted by atomic mass is 9.93. The summed E-state index contributed by atoms with van der Waals surface area (Å²) in [5.41, 5.74) is 0.146. The molecule has 20 heavy (non-hydrogen) atoms. The van der Waals surface area contributed by atoms with E-state index in [0.717, 1.165) is 12.1 Å². The first-order valence-electron chi connectivity index (χ1n) is 6.38. The molecular formula is C14H15ClFNO3. The zero-order chi connectivity index (χ0) is 14.9. The summed E-state index contributed by atoms with van der Waals surface area (Å²) in [6.45, 7) is 2.00. The van der Waals surface area contributed by atoms with E-state index in [9.17, 15) is 14.0 Å². The minimum atomic E-state index is -0.910. The molecule has 1 heterocycles. The molecule has 1 saturated heterocycles. The molecule has 0 unspecified atom stereocenters. The molecule has 1 aromatic carbocycles. The van der Waals surface area contributed by atoms with Crippen molar-refractivity contribution in [1.82, 2.24) is 4.90 Å². The summed E-state index contributed by atoms with van der Waals surface area (Å²) in [6.07, 6.45) is 1.16. The fourth-order valence-corrected chi connectivity index (χ4v) is 2.66. The summed E-state index contributed by atoms with van der Waals surface area (Å²) in [5.74, 6) is -2.45. The van der Waals surface area contributed by atoms with Gasteiger partial charge in [-0.05, 0) is 38.0 Å². The highest BCUT2D eigenvalue weighted by Gasteiger charge is 2.33. The minimum absolute atomic E-state index is 0.0693. The first kappa shape index (κ1) is 14.8. The summed E-state index contributed by atoms with van der Waals surface area (Å²) >= 11 is 5.74. The summed E-state index contributed by atoms with van der Waals surface area (Å²) in [7, 11) is 0. The number of carbonyl (C=O) groups excluding carboxylic acids is 1. The van der Waals surface area contributed by atoms with Crippen LogP contribution in [0.5, 0.6) is 0 Å². The van der Waals surface area contributed by atoms with Crippen LogP contribution in [0, 0.1) is 11.7 Å². The van der Waals surface area contributed by atoms with E-state index in [0.29, 0.717) is 12.8 Å². The second kappa shape index (κ2) is 5.79. The number of hydrogen-bond acceptors (Lipinski definition) is 2. The Kier molecular flexibility index (Phi) is 4.28. The zero-order valence-corrected chi connectivity index (χ0v) is 11.7. The average Bonchev–Trinajstić information content (AvgIpc) is 2.37. The number of nitrogens with zero attached hydrogens (tertiary/aromatic N) is 1. The second-order valence-corrected chi connectivity index (χ2v) is 5.51. The van der Waals surface area contributed by atoms with Gasteiger partial charge in [0, 0.05) is 23.2 Å². The van der Waals surface area contributed by atoms with Crippen LogP contribution < -0.4 is 0 Å². The lowest BCUT2D eigenvalue weighted by Crippen LogP contribution is -2.47. The molecule has 0 aromatic heterocycles. The van der Waals surface area contributed by atoms with Gasteiger partial charge in [0.15, 0.2) is 0 Å². The van der Waals surface area contributed by atoms with Gasteiger partial charge in [0.1, 0.15) is 5.82 Å². The van der Waals surface area contributed by atoms with Crippen molar-refractivity contribution in [1.29, 1.82) is 0 Å². The highest BCUT2D eigenvalue weighted by Crippen LogP contribution is 2.25. The fourth-order valence-electron chi connectivity index (χ4n) is 2.43. The van der Waals surface area contributed by atoms with Crippen molar-refractivity contribution in [2.45, 2.75) is 25.8 Å². The van der Waals surface area contributed by atoms with Gasteiger partial charge in [0.2, 0.25) is 0 Å². The molecule has 1 N–H and O–H groups in total.